The first-order chi connectivity index (χ1) is 27.2. The number of nitrogens with one attached hydrogen (secondary N) is 1. The van der Waals surface area contributed by atoms with Crippen LogP contribution in [0.4, 0.5) is 39.8 Å². The Morgan fingerprint density at radius 2 is 1.50 bits per heavy atom. The number of aromatic hydroxyl groups is 1. The summed E-state index contributed by atoms with van der Waals surface area (Å²) in [6, 6.07) is 30.9. The van der Waals surface area contributed by atoms with E-state index in [0.29, 0.717) is 39.9 Å². The summed E-state index contributed by atoms with van der Waals surface area (Å²) in [6.45, 7) is 1.99. The predicted octanol–water partition coefficient (Wildman–Crippen LogP) is 11.1. The molecule has 0 aliphatic carbocycles. The average Bonchev–Trinajstić information content (AvgIpc) is 3.21. The van der Waals surface area contributed by atoms with Crippen molar-refractivity contribution >= 4 is 81.0 Å². The summed E-state index contributed by atoms with van der Waals surface area (Å²) < 4.78 is 16.2. The largest absolute Gasteiger partial charge is 0.505 e. The van der Waals surface area contributed by atoms with Crippen LogP contribution in [0.15, 0.2) is 146 Å². The van der Waals surface area contributed by atoms with E-state index in [1.54, 1.807) is 79.7 Å². The lowest BCUT2D eigenvalue weighted by atomic mass is 10.1. The van der Waals surface area contributed by atoms with Crippen molar-refractivity contribution < 1.29 is 49.0 Å². The third-order valence-corrected chi connectivity index (χ3v) is 8.35. The number of aromatic carboxylic acids is 2. The standard InChI is InChI=1S/C39H30N6O10S/c1-2-52-34-21-32(43-42-28-8-6-7-25(17-28)39(49)50)31(40-22-53-29-9-4-3-5-10-29)20-33(34)44-45-36-35(56-55-54-51)18-24-13-16-27(19-30(24)37(36)46)41-26-14-11-23(12-15-26)38(47)48/h3-22,41,46,51H,2H2,1H3,(H,47,48)(H,49,50). The van der Waals surface area contributed by atoms with Crippen molar-refractivity contribution in [3.63, 3.8) is 0 Å². The molecule has 0 amide bonds. The van der Waals surface area contributed by atoms with Gasteiger partial charge >= 0.3 is 11.9 Å². The van der Waals surface area contributed by atoms with Crippen molar-refractivity contribution in [1.29, 1.82) is 0 Å². The number of hydrogen-bond donors (Lipinski definition) is 5. The number of benzene rings is 6. The number of phenolic OH excluding ortho intramolecular Hbond substituents is 1. The van der Waals surface area contributed by atoms with Crippen LogP contribution in [0.1, 0.15) is 27.6 Å². The molecule has 0 atom stereocenters. The summed E-state index contributed by atoms with van der Waals surface area (Å²) in [5, 5.41) is 64.4. The Labute approximate surface area is 322 Å². The average molecular weight is 775 g/mol. The van der Waals surface area contributed by atoms with Gasteiger partial charge in [-0.25, -0.2) is 19.8 Å². The lowest BCUT2D eigenvalue weighted by Crippen LogP contribution is -1.96. The van der Waals surface area contributed by atoms with Crippen LogP contribution in [0, 0.1) is 0 Å². The highest BCUT2D eigenvalue weighted by Gasteiger charge is 2.18. The number of aliphatic imine (C=N–C) groups is 1. The molecule has 0 aliphatic heterocycles. The molecule has 6 rings (SSSR count). The molecule has 0 aliphatic rings. The van der Waals surface area contributed by atoms with Gasteiger partial charge in [0.25, 0.3) is 0 Å². The Balaban J connectivity index is 1.40. The summed E-state index contributed by atoms with van der Waals surface area (Å²) in [5.41, 5.74) is 2.19. The molecule has 6 aromatic carbocycles. The van der Waals surface area contributed by atoms with E-state index in [2.05, 4.69) is 35.8 Å². The highest BCUT2D eigenvalue weighted by molar-refractivity contribution is 7.94. The second kappa shape index (κ2) is 18.2. The predicted molar refractivity (Wildman–Crippen MR) is 208 cm³/mol. The number of ether oxygens (including phenoxy) is 2. The van der Waals surface area contributed by atoms with Crippen LogP contribution in [0.25, 0.3) is 10.8 Å². The molecule has 16 nitrogen and oxygen atoms in total. The van der Waals surface area contributed by atoms with Crippen LogP contribution in [0.3, 0.4) is 0 Å². The van der Waals surface area contributed by atoms with Gasteiger partial charge in [0.2, 0.25) is 0 Å². The third kappa shape index (κ3) is 9.67. The monoisotopic (exact) mass is 774 g/mol. The maximum atomic E-state index is 11.6. The maximum Gasteiger partial charge on any atom is 0.335 e. The molecule has 5 N–H and O–H groups in total. The second-order valence-corrected chi connectivity index (χ2v) is 12.1. The lowest BCUT2D eigenvalue weighted by molar-refractivity contribution is -0.432. The highest BCUT2D eigenvalue weighted by Crippen LogP contribution is 2.46. The number of azo groups is 2. The van der Waals surface area contributed by atoms with E-state index in [0.717, 1.165) is 0 Å². The number of nitrogens with zero attached hydrogens (tertiary/aromatic N) is 5. The van der Waals surface area contributed by atoms with Gasteiger partial charge in [0.05, 0.1) is 46.0 Å². The summed E-state index contributed by atoms with van der Waals surface area (Å²) in [5.74, 6) is -1.71. The minimum atomic E-state index is -1.12. The minimum Gasteiger partial charge on any atom is -0.505 e. The smallest absolute Gasteiger partial charge is 0.335 e. The topological polar surface area (TPSA) is 226 Å². The van der Waals surface area contributed by atoms with E-state index in [-0.39, 0.29) is 62.6 Å². The molecule has 0 heterocycles. The van der Waals surface area contributed by atoms with Crippen LogP contribution < -0.4 is 14.8 Å². The Morgan fingerprint density at radius 1 is 0.750 bits per heavy atom. The first kappa shape index (κ1) is 38.5. The Morgan fingerprint density at radius 3 is 2.23 bits per heavy atom. The van der Waals surface area contributed by atoms with E-state index in [4.69, 9.17) is 19.1 Å². The highest BCUT2D eigenvalue weighted by atomic mass is 32.2. The van der Waals surface area contributed by atoms with Crippen LogP contribution in [0.5, 0.6) is 17.2 Å². The van der Waals surface area contributed by atoms with Crippen molar-refractivity contribution in [3.05, 3.63) is 126 Å². The normalized spacial score (nSPS) is 11.5. The maximum absolute atomic E-state index is 11.6. The quantitative estimate of drug-likeness (QED) is 0.0154. The molecule has 0 aromatic heterocycles. The van der Waals surface area contributed by atoms with Gasteiger partial charge < -0.3 is 30.1 Å². The van der Waals surface area contributed by atoms with Crippen molar-refractivity contribution in [2.75, 3.05) is 11.9 Å². The Hall–Kier alpha value is -7.18. The van der Waals surface area contributed by atoms with Crippen molar-refractivity contribution in [2.24, 2.45) is 25.4 Å². The van der Waals surface area contributed by atoms with E-state index >= 15 is 0 Å². The van der Waals surface area contributed by atoms with E-state index < -0.39 is 11.9 Å². The molecule has 0 radical (unpaired) electrons. The molecule has 0 fully saturated rings. The zero-order valence-corrected chi connectivity index (χ0v) is 30.0. The van der Waals surface area contributed by atoms with Crippen LogP contribution in [-0.4, -0.2) is 45.5 Å². The van der Waals surface area contributed by atoms with Crippen molar-refractivity contribution in [3.8, 4) is 17.2 Å². The Bertz CT molecular complexity index is 2460. The van der Waals surface area contributed by atoms with E-state index in [1.165, 1.54) is 42.8 Å². The van der Waals surface area contributed by atoms with E-state index in [9.17, 15) is 24.9 Å². The van der Waals surface area contributed by atoms with Gasteiger partial charge in [0.15, 0.2) is 12.2 Å². The number of para-hydroxylation sites is 1. The minimum absolute atomic E-state index is 0.0342. The first-order valence-corrected chi connectivity index (χ1v) is 17.2. The van der Waals surface area contributed by atoms with Crippen LogP contribution in [0.2, 0.25) is 0 Å². The lowest BCUT2D eigenvalue weighted by Gasteiger charge is -2.12. The van der Waals surface area contributed by atoms with Crippen LogP contribution >= 0.6 is 12.0 Å². The molecular formula is C39H30N6O10S. The van der Waals surface area contributed by atoms with E-state index in [1.807, 2.05) is 6.07 Å². The SMILES string of the molecule is CCOc1cc(N=Nc2cccc(C(=O)O)c2)c(N=COc2ccccc2)cc1N=Nc1c(SOOO)cc2ccc(Nc3ccc(C(=O)O)cc3)cc2c1O. The van der Waals surface area contributed by atoms with Gasteiger partial charge in [-0.05, 0) is 91.2 Å². The van der Waals surface area contributed by atoms with Gasteiger partial charge in [0, 0.05) is 22.8 Å². The molecule has 56 heavy (non-hydrogen) atoms. The fraction of sp³-hybridized carbons (Fsp3) is 0.0513. The number of rotatable bonds is 16. The van der Waals surface area contributed by atoms with Gasteiger partial charge in [-0.2, -0.15) is 5.11 Å². The van der Waals surface area contributed by atoms with Crippen molar-refractivity contribution in [2.45, 2.75) is 11.8 Å². The summed E-state index contributed by atoms with van der Waals surface area (Å²) in [4.78, 5) is 27.4. The molecule has 0 spiro atoms. The summed E-state index contributed by atoms with van der Waals surface area (Å²) in [6.07, 6.45) is 1.21. The molecule has 282 valence electrons. The molecule has 0 bridgehead atoms. The number of carboxylic acid groups (broad SMARTS) is 2. The number of anilines is 2. The van der Waals surface area contributed by atoms with Gasteiger partial charge in [-0.15, -0.1) is 19.7 Å². The molecule has 6 aromatic rings. The van der Waals surface area contributed by atoms with Crippen LogP contribution in [-0.2, 0) is 9.37 Å². The third-order valence-electron chi connectivity index (χ3n) is 7.73. The molecule has 0 saturated carbocycles. The summed E-state index contributed by atoms with van der Waals surface area (Å²) in [7, 11) is 0. The molecule has 0 saturated heterocycles. The molecule has 17 heteroatoms. The number of hydrogen-bond acceptors (Lipinski definition) is 15. The first-order valence-electron chi connectivity index (χ1n) is 16.5. The fourth-order valence-electron chi connectivity index (χ4n) is 5.13. The van der Waals surface area contributed by atoms with Gasteiger partial charge in [-0.1, -0.05) is 35.4 Å². The molecule has 0 unspecified atom stereocenters. The van der Waals surface area contributed by atoms with Gasteiger partial charge in [-0.3, -0.25) is 0 Å². The fourth-order valence-corrected chi connectivity index (χ4v) is 5.63. The number of phenols is 1. The van der Waals surface area contributed by atoms with Gasteiger partial charge in [0.1, 0.15) is 28.6 Å². The summed E-state index contributed by atoms with van der Waals surface area (Å²) >= 11 is 0.573. The zero-order valence-electron chi connectivity index (χ0n) is 29.1. The number of carboxylic acids is 2. The number of carbonyl (C=O) groups is 2. The number of fused-ring (bicyclic) bond motifs is 1. The van der Waals surface area contributed by atoms with Crippen molar-refractivity contribution in [1.82, 2.24) is 0 Å². The zero-order chi connectivity index (χ0) is 39.4. The molecular weight excluding hydrogens is 745 g/mol. The second-order valence-electron chi connectivity index (χ2n) is 11.4. The Kier molecular flexibility index (Phi) is 12.6.